The first kappa shape index (κ1) is 14.5. The summed E-state index contributed by atoms with van der Waals surface area (Å²) in [5, 5.41) is 2.07. The highest BCUT2D eigenvalue weighted by atomic mass is 32.1. The molecule has 0 spiro atoms. The largest absolute Gasteiger partial charge is 0.466 e. The van der Waals surface area contributed by atoms with Crippen molar-refractivity contribution in [1.82, 2.24) is 9.88 Å². The lowest BCUT2D eigenvalue weighted by Gasteiger charge is -2.30. The number of carbonyl (C=O) groups is 1. The van der Waals surface area contributed by atoms with Crippen LogP contribution < -0.4 is 0 Å². The number of ether oxygens (including phenoxy) is 1. The molecule has 1 unspecified atom stereocenters. The van der Waals surface area contributed by atoms with Gasteiger partial charge in [0.15, 0.2) is 0 Å². The molecule has 19 heavy (non-hydrogen) atoms. The van der Waals surface area contributed by atoms with Crippen LogP contribution in [0.15, 0.2) is 10.9 Å². The molecular formula is C14H22N2O2S. The van der Waals surface area contributed by atoms with Gasteiger partial charge < -0.3 is 4.74 Å². The minimum absolute atomic E-state index is 0.0363. The van der Waals surface area contributed by atoms with Crippen molar-refractivity contribution >= 4 is 17.3 Å². The maximum Gasteiger partial charge on any atom is 0.313 e. The van der Waals surface area contributed by atoms with Gasteiger partial charge in [-0.05, 0) is 25.8 Å². The van der Waals surface area contributed by atoms with Crippen LogP contribution in [0.1, 0.15) is 32.9 Å². The third-order valence-electron chi connectivity index (χ3n) is 4.04. The molecule has 2 rings (SSSR count). The van der Waals surface area contributed by atoms with E-state index >= 15 is 0 Å². The van der Waals surface area contributed by atoms with Crippen LogP contribution in [0.4, 0.5) is 0 Å². The van der Waals surface area contributed by atoms with Crippen LogP contribution in [-0.4, -0.2) is 35.5 Å². The van der Waals surface area contributed by atoms with Crippen molar-refractivity contribution in [2.24, 2.45) is 11.3 Å². The van der Waals surface area contributed by atoms with Crippen molar-refractivity contribution < 1.29 is 9.53 Å². The fourth-order valence-corrected chi connectivity index (χ4v) is 3.29. The lowest BCUT2D eigenvalue weighted by Crippen LogP contribution is -2.40. The Labute approximate surface area is 118 Å². The van der Waals surface area contributed by atoms with E-state index < -0.39 is 0 Å². The summed E-state index contributed by atoms with van der Waals surface area (Å²) in [4.78, 5) is 18.9. The molecule has 0 amide bonds. The highest BCUT2D eigenvalue weighted by Crippen LogP contribution is 2.39. The van der Waals surface area contributed by atoms with E-state index in [1.165, 1.54) is 0 Å². The second-order valence-corrected chi connectivity index (χ2v) is 6.19. The summed E-state index contributed by atoms with van der Waals surface area (Å²) in [6.45, 7) is 9.10. The van der Waals surface area contributed by atoms with Crippen molar-refractivity contribution in [1.29, 1.82) is 0 Å². The molecule has 1 aliphatic heterocycles. The van der Waals surface area contributed by atoms with Crippen LogP contribution in [0.2, 0.25) is 0 Å². The standard InChI is InChI=1S/C14H22N2O2S/c1-4-18-13(17)14(11(2)3)5-6-16(9-14)7-12-8-19-10-15-12/h8,10-11H,4-7,9H2,1-3H3. The first-order valence-corrected chi connectivity index (χ1v) is 7.79. The van der Waals surface area contributed by atoms with E-state index in [0.29, 0.717) is 12.5 Å². The Bertz CT molecular complexity index is 419. The molecule has 0 aliphatic carbocycles. The first-order chi connectivity index (χ1) is 9.08. The number of thiazole rings is 1. The summed E-state index contributed by atoms with van der Waals surface area (Å²) in [7, 11) is 0. The Morgan fingerprint density at radius 1 is 1.63 bits per heavy atom. The molecule has 1 saturated heterocycles. The summed E-state index contributed by atoms with van der Waals surface area (Å²) in [5.74, 6) is 0.262. The Morgan fingerprint density at radius 2 is 2.42 bits per heavy atom. The van der Waals surface area contributed by atoms with Gasteiger partial charge in [0.1, 0.15) is 0 Å². The van der Waals surface area contributed by atoms with Crippen LogP contribution in [0.3, 0.4) is 0 Å². The van der Waals surface area contributed by atoms with E-state index in [1.807, 2.05) is 12.4 Å². The zero-order valence-electron chi connectivity index (χ0n) is 11.9. The number of hydrogen-bond donors (Lipinski definition) is 0. The van der Waals surface area contributed by atoms with Gasteiger partial charge in [0.2, 0.25) is 0 Å². The van der Waals surface area contributed by atoms with Gasteiger partial charge in [0.25, 0.3) is 0 Å². The minimum atomic E-state index is -0.341. The van der Waals surface area contributed by atoms with Gasteiger partial charge in [-0.3, -0.25) is 9.69 Å². The van der Waals surface area contributed by atoms with Gasteiger partial charge in [-0.25, -0.2) is 4.98 Å². The van der Waals surface area contributed by atoms with Gasteiger partial charge >= 0.3 is 5.97 Å². The number of esters is 1. The van der Waals surface area contributed by atoms with Gasteiger partial charge in [0, 0.05) is 18.5 Å². The Kier molecular flexibility index (Phi) is 4.58. The van der Waals surface area contributed by atoms with E-state index in [9.17, 15) is 4.79 Å². The SMILES string of the molecule is CCOC(=O)C1(C(C)C)CCN(Cc2cscn2)C1. The fourth-order valence-electron chi connectivity index (χ4n) is 2.74. The van der Waals surface area contributed by atoms with Crippen molar-refractivity contribution in [3.8, 4) is 0 Å². The molecule has 106 valence electrons. The maximum atomic E-state index is 12.3. The first-order valence-electron chi connectivity index (χ1n) is 6.85. The second-order valence-electron chi connectivity index (χ2n) is 5.47. The Hall–Kier alpha value is -0.940. The molecular weight excluding hydrogens is 260 g/mol. The van der Waals surface area contributed by atoms with Crippen molar-refractivity contribution in [2.75, 3.05) is 19.7 Å². The molecule has 0 aromatic carbocycles. The fraction of sp³-hybridized carbons (Fsp3) is 0.714. The predicted molar refractivity (Wildman–Crippen MR) is 75.9 cm³/mol. The molecule has 1 aromatic heterocycles. The number of nitrogens with zero attached hydrogens (tertiary/aromatic N) is 2. The Balaban J connectivity index is 2.05. The van der Waals surface area contributed by atoms with Crippen LogP contribution in [0.25, 0.3) is 0 Å². The lowest BCUT2D eigenvalue weighted by atomic mass is 9.76. The number of hydrogen-bond acceptors (Lipinski definition) is 5. The molecule has 4 nitrogen and oxygen atoms in total. The molecule has 5 heteroatoms. The number of rotatable bonds is 5. The van der Waals surface area contributed by atoms with E-state index in [2.05, 4.69) is 29.1 Å². The average molecular weight is 282 g/mol. The zero-order chi connectivity index (χ0) is 13.9. The van der Waals surface area contributed by atoms with Crippen LogP contribution in [0, 0.1) is 11.3 Å². The summed E-state index contributed by atoms with van der Waals surface area (Å²) in [6.07, 6.45) is 0.883. The Morgan fingerprint density at radius 3 is 3.00 bits per heavy atom. The summed E-state index contributed by atoms with van der Waals surface area (Å²) in [5.41, 5.74) is 2.60. The number of carbonyl (C=O) groups excluding carboxylic acids is 1. The third kappa shape index (κ3) is 2.98. The van der Waals surface area contributed by atoms with E-state index in [1.54, 1.807) is 11.3 Å². The lowest BCUT2D eigenvalue weighted by molar-refractivity contribution is -0.157. The maximum absolute atomic E-state index is 12.3. The monoisotopic (exact) mass is 282 g/mol. The van der Waals surface area contributed by atoms with Crippen molar-refractivity contribution in [3.05, 3.63) is 16.6 Å². The summed E-state index contributed by atoms with van der Waals surface area (Å²) >= 11 is 1.61. The molecule has 0 saturated carbocycles. The molecule has 1 aromatic rings. The average Bonchev–Trinajstić information content (AvgIpc) is 3.00. The zero-order valence-corrected chi connectivity index (χ0v) is 12.7. The second kappa shape index (κ2) is 6.01. The van der Waals surface area contributed by atoms with Gasteiger partial charge in [-0.1, -0.05) is 13.8 Å². The third-order valence-corrected chi connectivity index (χ3v) is 4.67. The highest BCUT2D eigenvalue weighted by Gasteiger charge is 2.48. The molecule has 2 heterocycles. The molecule has 0 N–H and O–H groups in total. The van der Waals surface area contributed by atoms with Gasteiger partial charge in [-0.2, -0.15) is 0 Å². The number of aromatic nitrogens is 1. The molecule has 0 bridgehead atoms. The molecule has 0 radical (unpaired) electrons. The minimum Gasteiger partial charge on any atom is -0.466 e. The van der Waals surface area contributed by atoms with E-state index in [4.69, 9.17) is 4.74 Å². The smallest absolute Gasteiger partial charge is 0.313 e. The predicted octanol–water partition coefficient (Wildman–Crippen LogP) is 2.55. The summed E-state index contributed by atoms with van der Waals surface area (Å²) in [6, 6.07) is 0. The van der Waals surface area contributed by atoms with Gasteiger partial charge in [0.05, 0.1) is 23.2 Å². The van der Waals surface area contributed by atoms with E-state index in [0.717, 1.165) is 31.7 Å². The van der Waals surface area contributed by atoms with Crippen LogP contribution >= 0.6 is 11.3 Å². The van der Waals surface area contributed by atoms with E-state index in [-0.39, 0.29) is 11.4 Å². The van der Waals surface area contributed by atoms with Crippen LogP contribution in [0.5, 0.6) is 0 Å². The highest BCUT2D eigenvalue weighted by molar-refractivity contribution is 7.07. The van der Waals surface area contributed by atoms with Crippen LogP contribution in [-0.2, 0) is 16.1 Å². The molecule has 1 fully saturated rings. The normalized spacial score (nSPS) is 24.0. The van der Waals surface area contributed by atoms with Crippen molar-refractivity contribution in [2.45, 2.75) is 33.7 Å². The number of likely N-dealkylation sites (tertiary alicyclic amines) is 1. The molecule has 1 aliphatic rings. The van der Waals surface area contributed by atoms with Gasteiger partial charge in [-0.15, -0.1) is 11.3 Å². The summed E-state index contributed by atoms with van der Waals surface area (Å²) < 4.78 is 5.29. The van der Waals surface area contributed by atoms with Crippen molar-refractivity contribution in [3.63, 3.8) is 0 Å². The molecule has 1 atom stereocenters. The topological polar surface area (TPSA) is 42.4 Å². The quantitative estimate of drug-likeness (QED) is 0.778.